The van der Waals surface area contributed by atoms with Gasteiger partial charge >= 0.3 is 0 Å². The third-order valence-corrected chi connectivity index (χ3v) is 4.60. The van der Waals surface area contributed by atoms with Crippen LogP contribution in [0.5, 0.6) is 0 Å². The van der Waals surface area contributed by atoms with Crippen LogP contribution < -0.4 is 5.73 Å². The number of aryl methyl sites for hydroxylation is 2. The van der Waals surface area contributed by atoms with E-state index in [-0.39, 0.29) is 0 Å². The quantitative estimate of drug-likeness (QED) is 0.913. The fraction of sp³-hybridized carbons (Fsp3) is 0.529. The lowest BCUT2D eigenvalue weighted by molar-refractivity contribution is 0.222. The largest absolute Gasteiger partial charge is 0.334 e. The van der Waals surface area contributed by atoms with Crippen molar-refractivity contribution in [3.05, 3.63) is 35.2 Å². The van der Waals surface area contributed by atoms with E-state index in [1.807, 2.05) is 6.07 Å². The minimum absolute atomic E-state index is 0.435. The number of benzene rings is 1. The van der Waals surface area contributed by atoms with Crippen molar-refractivity contribution in [3.63, 3.8) is 0 Å². The molecule has 0 saturated heterocycles. The number of nitrogens with zero attached hydrogens (tertiary/aromatic N) is 2. The maximum Gasteiger partial charge on any atom is 0.258 e. The lowest BCUT2D eigenvalue weighted by atomic mass is 9.76. The second-order valence-corrected chi connectivity index (χ2v) is 6.55. The van der Waals surface area contributed by atoms with Gasteiger partial charge in [-0.2, -0.15) is 4.98 Å². The van der Waals surface area contributed by atoms with Gasteiger partial charge in [-0.3, -0.25) is 0 Å². The molecule has 0 spiro atoms. The van der Waals surface area contributed by atoms with Crippen LogP contribution in [0.2, 0.25) is 0 Å². The lowest BCUT2D eigenvalue weighted by Gasteiger charge is -2.33. The van der Waals surface area contributed by atoms with Gasteiger partial charge in [0, 0.05) is 5.56 Å². The topological polar surface area (TPSA) is 64.9 Å². The predicted octanol–water partition coefficient (Wildman–Crippen LogP) is 3.72. The van der Waals surface area contributed by atoms with E-state index >= 15 is 0 Å². The Balaban J connectivity index is 1.97. The van der Waals surface area contributed by atoms with E-state index in [1.165, 1.54) is 6.42 Å². The van der Waals surface area contributed by atoms with Crippen molar-refractivity contribution in [1.82, 2.24) is 10.1 Å². The third kappa shape index (κ3) is 2.60. The Morgan fingerprint density at radius 2 is 2.00 bits per heavy atom. The van der Waals surface area contributed by atoms with Crippen molar-refractivity contribution in [2.45, 2.75) is 52.0 Å². The lowest BCUT2D eigenvalue weighted by Crippen LogP contribution is -2.42. The van der Waals surface area contributed by atoms with E-state index in [0.29, 0.717) is 17.6 Å². The van der Waals surface area contributed by atoms with Crippen LogP contribution in [-0.2, 0) is 5.54 Å². The summed E-state index contributed by atoms with van der Waals surface area (Å²) >= 11 is 0. The van der Waals surface area contributed by atoms with Crippen molar-refractivity contribution >= 4 is 0 Å². The number of rotatable bonds is 2. The van der Waals surface area contributed by atoms with Gasteiger partial charge in [-0.15, -0.1) is 0 Å². The molecule has 3 rings (SSSR count). The molecule has 2 atom stereocenters. The highest BCUT2D eigenvalue weighted by molar-refractivity contribution is 5.62. The summed E-state index contributed by atoms with van der Waals surface area (Å²) in [5, 5.41) is 4.19. The molecular weight excluding hydrogens is 262 g/mol. The first kappa shape index (κ1) is 14.3. The van der Waals surface area contributed by atoms with Crippen LogP contribution >= 0.6 is 0 Å². The average Bonchev–Trinajstić information content (AvgIpc) is 2.88. The molecule has 1 aliphatic rings. The van der Waals surface area contributed by atoms with Crippen LogP contribution in [0.1, 0.15) is 49.6 Å². The molecule has 21 heavy (non-hydrogen) atoms. The van der Waals surface area contributed by atoms with Gasteiger partial charge in [0.05, 0.1) is 5.54 Å². The maximum absolute atomic E-state index is 6.55. The molecule has 4 nitrogen and oxygen atoms in total. The van der Waals surface area contributed by atoms with E-state index < -0.39 is 5.54 Å². The highest BCUT2D eigenvalue weighted by atomic mass is 16.5. The van der Waals surface area contributed by atoms with Crippen molar-refractivity contribution in [2.75, 3.05) is 0 Å². The summed E-state index contributed by atoms with van der Waals surface area (Å²) in [6.45, 7) is 6.37. The standard InChI is InChI=1S/C17H23N3O/c1-11-6-5-9-17(18,10-11)16-19-15(21-20-16)14-12(2)7-4-8-13(14)3/h4,7-8,11H,5-6,9-10,18H2,1-3H3. The van der Waals surface area contributed by atoms with Gasteiger partial charge in [-0.05, 0) is 43.7 Å². The van der Waals surface area contributed by atoms with Crippen LogP contribution in [0.25, 0.3) is 11.5 Å². The molecule has 2 unspecified atom stereocenters. The fourth-order valence-corrected chi connectivity index (χ4v) is 3.47. The molecule has 1 aliphatic carbocycles. The number of hydrogen-bond acceptors (Lipinski definition) is 4. The molecule has 1 fully saturated rings. The van der Waals surface area contributed by atoms with Gasteiger partial charge in [0.2, 0.25) is 0 Å². The normalized spacial score (nSPS) is 26.0. The number of nitrogens with two attached hydrogens (primary N) is 1. The van der Waals surface area contributed by atoms with Gasteiger partial charge in [-0.1, -0.05) is 43.1 Å². The van der Waals surface area contributed by atoms with E-state index in [4.69, 9.17) is 10.3 Å². The molecule has 1 saturated carbocycles. The van der Waals surface area contributed by atoms with Gasteiger partial charge in [0.1, 0.15) is 0 Å². The first-order valence-corrected chi connectivity index (χ1v) is 7.69. The van der Waals surface area contributed by atoms with E-state index in [9.17, 15) is 0 Å². The molecule has 112 valence electrons. The number of hydrogen-bond donors (Lipinski definition) is 1. The second-order valence-electron chi connectivity index (χ2n) is 6.55. The zero-order valence-electron chi connectivity index (χ0n) is 13.0. The molecule has 4 heteroatoms. The average molecular weight is 285 g/mol. The van der Waals surface area contributed by atoms with Gasteiger partial charge in [0.15, 0.2) is 5.82 Å². The van der Waals surface area contributed by atoms with Gasteiger partial charge in [0.25, 0.3) is 5.89 Å². The molecule has 0 aliphatic heterocycles. The van der Waals surface area contributed by atoms with E-state index in [0.717, 1.165) is 36.0 Å². The predicted molar refractivity (Wildman–Crippen MR) is 82.7 cm³/mol. The molecule has 0 bridgehead atoms. The monoisotopic (exact) mass is 285 g/mol. The number of aromatic nitrogens is 2. The second kappa shape index (κ2) is 5.26. The van der Waals surface area contributed by atoms with Crippen LogP contribution in [-0.4, -0.2) is 10.1 Å². The van der Waals surface area contributed by atoms with Crippen molar-refractivity contribution in [2.24, 2.45) is 11.7 Å². The summed E-state index contributed by atoms with van der Waals surface area (Å²) in [6.07, 6.45) is 4.23. The Bertz CT molecular complexity index is 629. The van der Waals surface area contributed by atoms with E-state index in [2.05, 4.69) is 43.0 Å². The third-order valence-electron chi connectivity index (χ3n) is 4.60. The van der Waals surface area contributed by atoms with Crippen LogP contribution in [0.4, 0.5) is 0 Å². The minimum atomic E-state index is -0.435. The zero-order valence-corrected chi connectivity index (χ0v) is 13.0. The zero-order chi connectivity index (χ0) is 15.0. The molecule has 0 radical (unpaired) electrons. The Morgan fingerprint density at radius 3 is 2.67 bits per heavy atom. The summed E-state index contributed by atoms with van der Waals surface area (Å²) in [7, 11) is 0. The summed E-state index contributed by atoms with van der Waals surface area (Å²) in [6, 6.07) is 6.17. The van der Waals surface area contributed by atoms with Crippen molar-refractivity contribution in [1.29, 1.82) is 0 Å². The van der Waals surface area contributed by atoms with Gasteiger partial charge < -0.3 is 10.3 Å². The Labute approximate surface area is 125 Å². The van der Waals surface area contributed by atoms with Crippen LogP contribution in [0.3, 0.4) is 0 Å². The van der Waals surface area contributed by atoms with Crippen LogP contribution in [0, 0.1) is 19.8 Å². The molecular formula is C17H23N3O. The highest BCUT2D eigenvalue weighted by Gasteiger charge is 2.37. The highest BCUT2D eigenvalue weighted by Crippen LogP contribution is 2.37. The minimum Gasteiger partial charge on any atom is -0.334 e. The fourth-order valence-electron chi connectivity index (χ4n) is 3.47. The smallest absolute Gasteiger partial charge is 0.258 e. The van der Waals surface area contributed by atoms with E-state index in [1.54, 1.807) is 0 Å². The molecule has 2 N–H and O–H groups in total. The van der Waals surface area contributed by atoms with Gasteiger partial charge in [-0.25, -0.2) is 0 Å². The molecule has 1 aromatic carbocycles. The SMILES string of the molecule is Cc1cccc(C)c1-c1nc(C2(N)CCCC(C)C2)no1. The molecule has 2 aromatic rings. The summed E-state index contributed by atoms with van der Waals surface area (Å²) in [4.78, 5) is 4.63. The summed E-state index contributed by atoms with van der Waals surface area (Å²) in [5.74, 6) is 1.86. The van der Waals surface area contributed by atoms with Crippen LogP contribution in [0.15, 0.2) is 22.7 Å². The summed E-state index contributed by atoms with van der Waals surface area (Å²) in [5.41, 5.74) is 9.44. The molecule has 0 amide bonds. The first-order chi connectivity index (χ1) is 9.99. The van der Waals surface area contributed by atoms with Crippen molar-refractivity contribution in [3.8, 4) is 11.5 Å². The molecule has 1 aromatic heterocycles. The Hall–Kier alpha value is -1.68. The maximum atomic E-state index is 6.55. The summed E-state index contributed by atoms with van der Waals surface area (Å²) < 4.78 is 5.52. The Morgan fingerprint density at radius 1 is 1.29 bits per heavy atom. The Kier molecular flexibility index (Phi) is 3.57. The van der Waals surface area contributed by atoms with Crippen molar-refractivity contribution < 1.29 is 4.52 Å². The first-order valence-electron chi connectivity index (χ1n) is 7.69. The molecule has 1 heterocycles.